The molecule has 0 aliphatic carbocycles. The van der Waals surface area contributed by atoms with Gasteiger partial charge < -0.3 is 4.74 Å². The lowest BCUT2D eigenvalue weighted by Gasteiger charge is -2.20. The lowest BCUT2D eigenvalue weighted by molar-refractivity contribution is 0.0902. The zero-order chi connectivity index (χ0) is 14.0. The maximum atomic E-state index is 13.0. The van der Waals surface area contributed by atoms with E-state index in [1.165, 1.54) is 12.1 Å². The number of hydrogen-bond donors (Lipinski definition) is 1. The van der Waals surface area contributed by atoms with Crippen LogP contribution in [0, 0.1) is 12.7 Å². The molecule has 0 bridgehead atoms. The molecular formula is C13H18FNO3S. The fraction of sp³-hybridized carbons (Fsp3) is 0.538. The average molecular weight is 287 g/mol. The van der Waals surface area contributed by atoms with Crippen molar-refractivity contribution in [3.8, 4) is 0 Å². The zero-order valence-electron chi connectivity index (χ0n) is 11.0. The summed E-state index contributed by atoms with van der Waals surface area (Å²) in [7, 11) is -3.64. The van der Waals surface area contributed by atoms with Crippen molar-refractivity contribution in [3.05, 3.63) is 29.6 Å². The molecule has 2 atom stereocenters. The van der Waals surface area contributed by atoms with Crippen LogP contribution in [-0.2, 0) is 14.8 Å². The highest BCUT2D eigenvalue weighted by molar-refractivity contribution is 7.89. The number of ether oxygens (including phenoxy) is 1. The van der Waals surface area contributed by atoms with Gasteiger partial charge in [0.1, 0.15) is 5.82 Å². The molecule has 2 rings (SSSR count). The molecule has 1 aromatic rings. The lowest BCUT2D eigenvalue weighted by atomic mass is 10.1. The van der Waals surface area contributed by atoms with Gasteiger partial charge in [-0.25, -0.2) is 17.5 Å². The summed E-state index contributed by atoms with van der Waals surface area (Å²) < 4.78 is 45.6. The molecule has 106 valence electrons. The Labute approximate surface area is 113 Å². The van der Waals surface area contributed by atoms with Gasteiger partial charge >= 0.3 is 0 Å². The van der Waals surface area contributed by atoms with Crippen molar-refractivity contribution >= 4 is 10.0 Å². The molecule has 0 saturated carbocycles. The molecule has 1 heterocycles. The Kier molecular flexibility index (Phi) is 4.23. The van der Waals surface area contributed by atoms with E-state index < -0.39 is 15.8 Å². The van der Waals surface area contributed by atoms with Crippen molar-refractivity contribution in [1.29, 1.82) is 0 Å². The minimum absolute atomic E-state index is 0.0875. The fourth-order valence-electron chi connectivity index (χ4n) is 2.30. The number of benzene rings is 1. The van der Waals surface area contributed by atoms with E-state index in [9.17, 15) is 12.8 Å². The molecule has 1 aromatic carbocycles. The molecule has 0 amide bonds. The summed E-state index contributed by atoms with van der Waals surface area (Å²) in [6.07, 6.45) is 1.72. The summed E-state index contributed by atoms with van der Waals surface area (Å²) in [5.41, 5.74) is 0.395. The van der Waals surface area contributed by atoms with Crippen LogP contribution in [0.1, 0.15) is 25.3 Å². The van der Waals surface area contributed by atoms with Crippen molar-refractivity contribution in [2.75, 3.05) is 6.61 Å². The van der Waals surface area contributed by atoms with E-state index in [1.807, 2.05) is 0 Å². The molecule has 1 fully saturated rings. The van der Waals surface area contributed by atoms with Crippen LogP contribution in [0.2, 0.25) is 0 Å². The van der Waals surface area contributed by atoms with Crippen LogP contribution in [0.5, 0.6) is 0 Å². The van der Waals surface area contributed by atoms with Gasteiger partial charge in [-0.05, 0) is 50.5 Å². The number of rotatable bonds is 4. The van der Waals surface area contributed by atoms with E-state index in [4.69, 9.17) is 4.74 Å². The Hall–Kier alpha value is -0.980. The SMILES string of the molecule is Cc1cc(F)ccc1S(=O)(=O)N[C@H](C)[C@H]1CCCO1. The van der Waals surface area contributed by atoms with Gasteiger partial charge in [-0.2, -0.15) is 0 Å². The van der Waals surface area contributed by atoms with E-state index in [2.05, 4.69) is 4.72 Å². The minimum atomic E-state index is -3.64. The van der Waals surface area contributed by atoms with Crippen LogP contribution >= 0.6 is 0 Å². The molecule has 1 aliphatic heterocycles. The first-order valence-corrected chi connectivity index (χ1v) is 7.78. The van der Waals surface area contributed by atoms with Crippen LogP contribution in [0.15, 0.2) is 23.1 Å². The Balaban J connectivity index is 2.17. The van der Waals surface area contributed by atoms with Crippen molar-refractivity contribution in [2.45, 2.75) is 43.7 Å². The van der Waals surface area contributed by atoms with E-state index in [0.717, 1.165) is 18.9 Å². The van der Waals surface area contributed by atoms with Gasteiger partial charge in [-0.1, -0.05) is 0 Å². The molecule has 1 aliphatic rings. The summed E-state index contributed by atoms with van der Waals surface area (Å²) in [5.74, 6) is -0.441. The molecule has 19 heavy (non-hydrogen) atoms. The Bertz CT molecular complexity index is 553. The molecule has 0 radical (unpaired) electrons. The van der Waals surface area contributed by atoms with Gasteiger partial charge in [0.2, 0.25) is 10.0 Å². The number of hydrogen-bond acceptors (Lipinski definition) is 3. The second-order valence-corrected chi connectivity index (χ2v) is 6.55. The van der Waals surface area contributed by atoms with Crippen molar-refractivity contribution in [1.82, 2.24) is 4.72 Å². The predicted octanol–water partition coefficient (Wildman–Crippen LogP) is 1.98. The summed E-state index contributed by atoms with van der Waals surface area (Å²) in [5, 5.41) is 0. The lowest BCUT2D eigenvalue weighted by Crippen LogP contribution is -2.40. The van der Waals surface area contributed by atoms with Crippen molar-refractivity contribution < 1.29 is 17.5 Å². The quantitative estimate of drug-likeness (QED) is 0.921. The van der Waals surface area contributed by atoms with Gasteiger partial charge in [-0.3, -0.25) is 0 Å². The first kappa shape index (κ1) is 14.4. The molecule has 1 saturated heterocycles. The molecule has 0 spiro atoms. The third-order valence-electron chi connectivity index (χ3n) is 3.29. The van der Waals surface area contributed by atoms with Crippen molar-refractivity contribution in [3.63, 3.8) is 0 Å². The maximum Gasteiger partial charge on any atom is 0.241 e. The smallest absolute Gasteiger partial charge is 0.241 e. The summed E-state index contributed by atoms with van der Waals surface area (Å²) in [6.45, 7) is 4.03. The van der Waals surface area contributed by atoms with Crippen LogP contribution in [0.3, 0.4) is 0 Å². The first-order valence-electron chi connectivity index (χ1n) is 6.30. The molecule has 4 nitrogen and oxygen atoms in total. The summed E-state index contributed by atoms with van der Waals surface area (Å²) in [6, 6.07) is 3.36. The third kappa shape index (κ3) is 3.32. The molecule has 6 heteroatoms. The minimum Gasteiger partial charge on any atom is -0.377 e. The van der Waals surface area contributed by atoms with Crippen LogP contribution in [0.25, 0.3) is 0 Å². The number of halogens is 1. The van der Waals surface area contributed by atoms with Gasteiger partial charge in [0.25, 0.3) is 0 Å². The Morgan fingerprint density at radius 2 is 2.21 bits per heavy atom. The Morgan fingerprint density at radius 1 is 1.47 bits per heavy atom. The second-order valence-electron chi connectivity index (χ2n) is 4.87. The highest BCUT2D eigenvalue weighted by Crippen LogP contribution is 2.20. The average Bonchev–Trinajstić information content (AvgIpc) is 2.80. The number of nitrogens with one attached hydrogen (secondary N) is 1. The highest BCUT2D eigenvalue weighted by atomic mass is 32.2. The third-order valence-corrected chi connectivity index (χ3v) is 5.01. The molecule has 1 N–H and O–H groups in total. The van der Waals surface area contributed by atoms with Gasteiger partial charge in [0, 0.05) is 12.6 Å². The predicted molar refractivity (Wildman–Crippen MR) is 69.9 cm³/mol. The molecule has 0 unspecified atom stereocenters. The normalized spacial score (nSPS) is 21.5. The van der Waals surface area contributed by atoms with Crippen molar-refractivity contribution in [2.24, 2.45) is 0 Å². The van der Waals surface area contributed by atoms with Crippen LogP contribution in [-0.4, -0.2) is 27.2 Å². The van der Waals surface area contributed by atoms with Gasteiger partial charge in [-0.15, -0.1) is 0 Å². The topological polar surface area (TPSA) is 55.4 Å². The monoisotopic (exact) mass is 287 g/mol. The standard InChI is InChI=1S/C13H18FNO3S/c1-9-8-11(14)5-6-13(9)19(16,17)15-10(2)12-4-3-7-18-12/h5-6,8,10,12,15H,3-4,7H2,1-2H3/t10-,12-/m1/s1. The summed E-state index contributed by atoms with van der Waals surface area (Å²) in [4.78, 5) is 0.110. The first-order chi connectivity index (χ1) is 8.90. The van der Waals surface area contributed by atoms with Gasteiger partial charge in [0.15, 0.2) is 0 Å². The van der Waals surface area contributed by atoms with E-state index in [-0.39, 0.29) is 17.0 Å². The number of aryl methyl sites for hydroxylation is 1. The molecule has 0 aromatic heterocycles. The molecular weight excluding hydrogens is 269 g/mol. The second kappa shape index (κ2) is 5.56. The largest absolute Gasteiger partial charge is 0.377 e. The van der Waals surface area contributed by atoms with E-state index in [1.54, 1.807) is 13.8 Å². The van der Waals surface area contributed by atoms with Crippen LogP contribution < -0.4 is 4.72 Å². The fourth-order valence-corrected chi connectivity index (χ4v) is 3.79. The highest BCUT2D eigenvalue weighted by Gasteiger charge is 2.27. The maximum absolute atomic E-state index is 13.0. The number of sulfonamides is 1. The van der Waals surface area contributed by atoms with E-state index >= 15 is 0 Å². The van der Waals surface area contributed by atoms with Crippen LogP contribution in [0.4, 0.5) is 4.39 Å². The van der Waals surface area contributed by atoms with Gasteiger partial charge in [0.05, 0.1) is 11.0 Å². The van der Waals surface area contributed by atoms with E-state index in [0.29, 0.717) is 12.2 Å². The zero-order valence-corrected chi connectivity index (χ0v) is 11.8. The summed E-state index contributed by atoms with van der Waals surface area (Å²) >= 11 is 0. The Morgan fingerprint density at radius 3 is 2.79 bits per heavy atom.